The summed E-state index contributed by atoms with van der Waals surface area (Å²) in [6.07, 6.45) is 0.684. The number of ether oxygens (including phenoxy) is 1. The van der Waals surface area contributed by atoms with Gasteiger partial charge >= 0.3 is 0 Å². The van der Waals surface area contributed by atoms with Crippen LogP contribution in [0.25, 0.3) is 0 Å². The van der Waals surface area contributed by atoms with E-state index in [-0.39, 0.29) is 5.69 Å². The fourth-order valence-corrected chi connectivity index (χ4v) is 1.49. The lowest BCUT2D eigenvalue weighted by Gasteiger charge is -2.08. The number of carbonyl (C=O) groups is 1. The number of nitro benzene ring substituents is 1. The second-order valence-corrected chi connectivity index (χ2v) is 3.71. The zero-order chi connectivity index (χ0) is 11.4. The van der Waals surface area contributed by atoms with E-state index in [1.165, 1.54) is 25.3 Å². The number of nitro groups is 1. The molecule has 0 fully saturated rings. The molecule has 0 heterocycles. The van der Waals surface area contributed by atoms with Gasteiger partial charge in [0.25, 0.3) is 5.69 Å². The second kappa shape index (κ2) is 4.88. The van der Waals surface area contributed by atoms with Gasteiger partial charge < -0.3 is 9.53 Å². The van der Waals surface area contributed by atoms with Gasteiger partial charge in [-0.1, -0.05) is 15.9 Å². The van der Waals surface area contributed by atoms with Crippen LogP contribution in [0.1, 0.15) is 10.4 Å². The van der Waals surface area contributed by atoms with Crippen molar-refractivity contribution in [3.05, 3.63) is 33.9 Å². The van der Waals surface area contributed by atoms with Gasteiger partial charge in [0, 0.05) is 11.6 Å². The van der Waals surface area contributed by atoms with Gasteiger partial charge in [-0.15, -0.1) is 0 Å². The van der Waals surface area contributed by atoms with Gasteiger partial charge in [0.15, 0.2) is 0 Å². The third-order valence-corrected chi connectivity index (χ3v) is 2.55. The molecular weight excluding hydrogens is 266 g/mol. The minimum absolute atomic E-state index is 0.0683. The molecular formula is C9H8BrNO4. The van der Waals surface area contributed by atoms with Crippen molar-refractivity contribution in [2.24, 2.45) is 0 Å². The molecule has 1 atom stereocenters. The Morgan fingerprint density at radius 1 is 1.60 bits per heavy atom. The summed E-state index contributed by atoms with van der Waals surface area (Å²) in [5.41, 5.74) is 0.499. The first-order chi connectivity index (χ1) is 7.10. The van der Waals surface area contributed by atoms with Gasteiger partial charge in [-0.25, -0.2) is 0 Å². The van der Waals surface area contributed by atoms with E-state index in [0.29, 0.717) is 17.6 Å². The number of halogens is 1. The van der Waals surface area contributed by atoms with Crippen LogP contribution in [0, 0.1) is 10.1 Å². The monoisotopic (exact) mass is 273 g/mol. The van der Waals surface area contributed by atoms with Gasteiger partial charge in [-0.3, -0.25) is 10.1 Å². The maximum absolute atomic E-state index is 10.6. The summed E-state index contributed by atoms with van der Waals surface area (Å²) in [7, 11) is 1.40. The zero-order valence-corrected chi connectivity index (χ0v) is 9.43. The highest BCUT2D eigenvalue weighted by atomic mass is 79.9. The SMILES string of the molecule is COc1cc([N+](=O)[O-])ccc1C(Br)C=O. The van der Waals surface area contributed by atoms with Crippen molar-refractivity contribution in [1.29, 1.82) is 0 Å². The molecule has 0 radical (unpaired) electrons. The number of carbonyl (C=O) groups excluding carboxylic acids is 1. The lowest BCUT2D eigenvalue weighted by atomic mass is 10.1. The minimum atomic E-state index is -0.520. The molecule has 80 valence electrons. The summed E-state index contributed by atoms with van der Waals surface area (Å²) < 4.78 is 4.97. The lowest BCUT2D eigenvalue weighted by molar-refractivity contribution is -0.384. The number of hydrogen-bond acceptors (Lipinski definition) is 4. The first-order valence-corrected chi connectivity index (χ1v) is 4.93. The Morgan fingerprint density at radius 2 is 2.27 bits per heavy atom. The van der Waals surface area contributed by atoms with Gasteiger partial charge in [-0.05, 0) is 6.07 Å². The number of hydrogen-bond donors (Lipinski definition) is 0. The first-order valence-electron chi connectivity index (χ1n) is 4.02. The maximum Gasteiger partial charge on any atom is 0.273 e. The molecule has 0 bridgehead atoms. The van der Waals surface area contributed by atoms with Crippen LogP contribution in [0.4, 0.5) is 5.69 Å². The Morgan fingerprint density at radius 3 is 2.73 bits per heavy atom. The van der Waals surface area contributed by atoms with Gasteiger partial charge in [0.1, 0.15) is 12.0 Å². The number of benzene rings is 1. The van der Waals surface area contributed by atoms with Crippen molar-refractivity contribution < 1.29 is 14.5 Å². The number of alkyl halides is 1. The number of aldehydes is 1. The molecule has 1 aromatic rings. The molecule has 6 heteroatoms. The number of rotatable bonds is 4. The molecule has 5 nitrogen and oxygen atoms in total. The highest BCUT2D eigenvalue weighted by Gasteiger charge is 2.16. The van der Waals surface area contributed by atoms with Gasteiger partial charge in [0.2, 0.25) is 0 Å². The Balaban J connectivity index is 3.20. The fraction of sp³-hybridized carbons (Fsp3) is 0.222. The maximum atomic E-state index is 10.6. The summed E-state index contributed by atoms with van der Waals surface area (Å²) in [6, 6.07) is 4.10. The highest BCUT2D eigenvalue weighted by Crippen LogP contribution is 2.32. The lowest BCUT2D eigenvalue weighted by Crippen LogP contribution is -1.97. The fourth-order valence-electron chi connectivity index (χ4n) is 1.11. The van der Waals surface area contributed by atoms with Crippen molar-refractivity contribution in [1.82, 2.24) is 0 Å². The van der Waals surface area contributed by atoms with Crippen molar-refractivity contribution in [2.45, 2.75) is 4.83 Å². The van der Waals surface area contributed by atoms with Crippen LogP contribution in [0.15, 0.2) is 18.2 Å². The average Bonchev–Trinajstić information content (AvgIpc) is 2.27. The van der Waals surface area contributed by atoms with Crippen molar-refractivity contribution >= 4 is 27.9 Å². The Hall–Kier alpha value is -1.43. The summed E-state index contributed by atoms with van der Waals surface area (Å²) in [4.78, 5) is 20.0. The normalized spacial score (nSPS) is 11.9. The molecule has 0 aromatic heterocycles. The van der Waals surface area contributed by atoms with Gasteiger partial charge in [-0.2, -0.15) is 0 Å². The molecule has 0 saturated carbocycles. The van der Waals surface area contributed by atoms with Crippen molar-refractivity contribution in [3.8, 4) is 5.75 Å². The van der Waals surface area contributed by atoms with E-state index in [1.807, 2.05) is 0 Å². The average molecular weight is 274 g/mol. The van der Waals surface area contributed by atoms with Crippen LogP contribution in [-0.4, -0.2) is 18.3 Å². The van der Waals surface area contributed by atoms with Crippen molar-refractivity contribution in [2.75, 3.05) is 7.11 Å². The topological polar surface area (TPSA) is 69.4 Å². The van der Waals surface area contributed by atoms with E-state index in [1.54, 1.807) is 0 Å². The molecule has 0 aliphatic carbocycles. The van der Waals surface area contributed by atoms with Crippen LogP contribution < -0.4 is 4.74 Å². The minimum Gasteiger partial charge on any atom is -0.496 e. The van der Waals surface area contributed by atoms with Crippen LogP contribution in [-0.2, 0) is 4.79 Å². The molecule has 0 amide bonds. The number of methoxy groups -OCH3 is 1. The van der Waals surface area contributed by atoms with E-state index in [0.717, 1.165) is 0 Å². The van der Waals surface area contributed by atoms with Crippen LogP contribution >= 0.6 is 15.9 Å². The number of nitrogens with zero attached hydrogens (tertiary/aromatic N) is 1. The van der Waals surface area contributed by atoms with Crippen LogP contribution in [0.2, 0.25) is 0 Å². The zero-order valence-electron chi connectivity index (χ0n) is 7.84. The molecule has 0 aliphatic rings. The molecule has 0 spiro atoms. The molecule has 1 unspecified atom stereocenters. The second-order valence-electron chi connectivity index (χ2n) is 2.72. The smallest absolute Gasteiger partial charge is 0.273 e. The van der Waals surface area contributed by atoms with Gasteiger partial charge in [0.05, 0.1) is 22.9 Å². The summed E-state index contributed by atoms with van der Waals surface area (Å²) in [5, 5.41) is 10.5. The third-order valence-electron chi connectivity index (χ3n) is 1.84. The van der Waals surface area contributed by atoms with E-state index in [4.69, 9.17) is 4.74 Å². The standard InChI is InChI=1S/C9H8BrNO4/c1-15-9-4-6(11(13)14)2-3-7(9)8(10)5-12/h2-5,8H,1H3. The predicted octanol–water partition coefficient (Wildman–Crippen LogP) is 2.24. The molecule has 0 N–H and O–H groups in total. The quantitative estimate of drug-likeness (QED) is 0.365. The van der Waals surface area contributed by atoms with E-state index < -0.39 is 9.75 Å². The van der Waals surface area contributed by atoms with Crippen molar-refractivity contribution in [3.63, 3.8) is 0 Å². The van der Waals surface area contributed by atoms with E-state index in [9.17, 15) is 14.9 Å². The molecule has 1 rings (SSSR count). The summed E-state index contributed by atoms with van der Waals surface area (Å²) >= 11 is 3.12. The third kappa shape index (κ3) is 2.53. The molecule has 0 aliphatic heterocycles. The molecule has 0 saturated heterocycles. The first kappa shape index (κ1) is 11.6. The Labute approximate surface area is 94.3 Å². The highest BCUT2D eigenvalue weighted by molar-refractivity contribution is 9.09. The summed E-state index contributed by atoms with van der Waals surface area (Å²) in [6.45, 7) is 0. The van der Waals surface area contributed by atoms with E-state index >= 15 is 0 Å². The predicted molar refractivity (Wildman–Crippen MR) is 57.4 cm³/mol. The van der Waals surface area contributed by atoms with Crippen LogP contribution in [0.3, 0.4) is 0 Å². The largest absolute Gasteiger partial charge is 0.496 e. The molecule has 15 heavy (non-hydrogen) atoms. The Bertz CT molecular complexity index is 394. The van der Waals surface area contributed by atoms with E-state index in [2.05, 4.69) is 15.9 Å². The van der Waals surface area contributed by atoms with Crippen LogP contribution in [0.5, 0.6) is 5.75 Å². The molecule has 1 aromatic carbocycles. The summed E-state index contributed by atoms with van der Waals surface area (Å²) in [5.74, 6) is 0.318. The number of non-ortho nitro benzene ring substituents is 1. The Kier molecular flexibility index (Phi) is 3.79.